The van der Waals surface area contributed by atoms with E-state index < -0.39 is 23.6 Å². The van der Waals surface area contributed by atoms with Crippen LogP contribution in [0.2, 0.25) is 5.02 Å². The standard InChI is InChI=1S/C33H35ClF2N6O4/c1-21(35)31(43)42-14-13-41(16-23(42)8-11-37)30-24-9-12-40(27-5-3-4-22-6-7-25(36)29(34)28(22)27)17-26(24)38-32(39-30)46-20-33(18-44-2)10-15-45-19-33/h3-7,23H,1,8-10,12-20H2,2H3/t23-,33+/m0/s1. The second-order valence-electron chi connectivity index (χ2n) is 12.1. The van der Waals surface area contributed by atoms with Crippen molar-refractivity contribution >= 4 is 39.8 Å². The zero-order valence-electron chi connectivity index (χ0n) is 25.6. The number of nitrogens with zero attached hydrogens (tertiary/aromatic N) is 6. The van der Waals surface area contributed by atoms with Crippen molar-refractivity contribution in [3.63, 3.8) is 0 Å². The molecule has 0 radical (unpaired) electrons. The van der Waals surface area contributed by atoms with Crippen LogP contribution in [0, 0.1) is 22.6 Å². The van der Waals surface area contributed by atoms with E-state index in [9.17, 15) is 18.8 Å². The molecule has 3 aliphatic rings. The molecule has 2 saturated heterocycles. The summed E-state index contributed by atoms with van der Waals surface area (Å²) in [5.74, 6) is -1.70. The Bertz CT molecular complexity index is 1690. The van der Waals surface area contributed by atoms with Gasteiger partial charge in [-0.25, -0.2) is 8.78 Å². The molecule has 6 rings (SSSR count). The minimum Gasteiger partial charge on any atom is -0.463 e. The Morgan fingerprint density at radius 1 is 1.22 bits per heavy atom. The Hall–Kier alpha value is -4.05. The number of nitriles is 1. The lowest BCUT2D eigenvalue weighted by atomic mass is 9.89. The summed E-state index contributed by atoms with van der Waals surface area (Å²) in [6.07, 6.45) is 1.37. The normalized spacial score (nSPS) is 21.3. The van der Waals surface area contributed by atoms with E-state index in [1.54, 1.807) is 13.2 Å². The first-order valence-corrected chi connectivity index (χ1v) is 15.6. The fraction of sp³-hybridized carbons (Fsp3) is 0.455. The number of hydrogen-bond donors (Lipinski definition) is 0. The number of halogens is 3. The molecule has 0 bridgehead atoms. The van der Waals surface area contributed by atoms with Gasteiger partial charge in [0.2, 0.25) is 0 Å². The molecule has 0 aliphatic carbocycles. The molecule has 242 valence electrons. The monoisotopic (exact) mass is 652 g/mol. The van der Waals surface area contributed by atoms with Crippen LogP contribution < -0.4 is 14.5 Å². The number of ether oxygens (including phenoxy) is 3. The van der Waals surface area contributed by atoms with Crippen molar-refractivity contribution < 1.29 is 27.8 Å². The van der Waals surface area contributed by atoms with Crippen molar-refractivity contribution in [2.24, 2.45) is 5.41 Å². The van der Waals surface area contributed by atoms with Crippen LogP contribution in [0.15, 0.2) is 42.7 Å². The molecule has 4 heterocycles. The molecule has 2 aromatic carbocycles. The van der Waals surface area contributed by atoms with Crippen LogP contribution in [0.5, 0.6) is 6.01 Å². The maximum atomic E-state index is 14.6. The molecule has 1 aromatic heterocycles. The molecule has 0 N–H and O–H groups in total. The molecule has 13 heteroatoms. The Morgan fingerprint density at radius 3 is 2.80 bits per heavy atom. The summed E-state index contributed by atoms with van der Waals surface area (Å²) in [4.78, 5) is 27.8. The summed E-state index contributed by atoms with van der Waals surface area (Å²) in [5.41, 5.74) is 2.13. The van der Waals surface area contributed by atoms with Gasteiger partial charge in [-0.1, -0.05) is 36.4 Å². The van der Waals surface area contributed by atoms with Crippen LogP contribution in [0.25, 0.3) is 10.8 Å². The van der Waals surface area contributed by atoms with Gasteiger partial charge < -0.3 is 28.9 Å². The average molecular weight is 653 g/mol. The van der Waals surface area contributed by atoms with Gasteiger partial charge in [0.05, 0.1) is 54.4 Å². The van der Waals surface area contributed by atoms with E-state index >= 15 is 0 Å². The fourth-order valence-corrected chi connectivity index (χ4v) is 6.94. The van der Waals surface area contributed by atoms with Gasteiger partial charge in [0.15, 0.2) is 5.83 Å². The van der Waals surface area contributed by atoms with Gasteiger partial charge in [-0.3, -0.25) is 4.79 Å². The van der Waals surface area contributed by atoms with Crippen molar-refractivity contribution in [2.45, 2.75) is 31.8 Å². The highest BCUT2D eigenvalue weighted by Crippen LogP contribution is 2.39. The molecule has 3 aromatic rings. The SMILES string of the molecule is C=C(F)C(=O)N1CCN(c2nc(OC[C@@]3(COC)CCOC3)nc3c2CCN(c2cccc4ccc(F)c(Cl)c24)C3)C[C@@H]1CC#N. The Labute approximate surface area is 271 Å². The molecule has 1 amide bonds. The van der Waals surface area contributed by atoms with Gasteiger partial charge in [-0.05, 0) is 30.4 Å². The van der Waals surface area contributed by atoms with E-state index in [-0.39, 0.29) is 36.0 Å². The third-order valence-corrected chi connectivity index (χ3v) is 9.39. The molecular weight excluding hydrogens is 618 g/mol. The van der Waals surface area contributed by atoms with Gasteiger partial charge in [0.25, 0.3) is 5.91 Å². The van der Waals surface area contributed by atoms with Crippen molar-refractivity contribution in [3.8, 4) is 12.1 Å². The molecule has 0 saturated carbocycles. The number of methoxy groups -OCH3 is 1. The topological polar surface area (TPSA) is 104 Å². The first-order chi connectivity index (χ1) is 22.2. The van der Waals surface area contributed by atoms with Gasteiger partial charge in [0.1, 0.15) is 18.2 Å². The highest BCUT2D eigenvalue weighted by Gasteiger charge is 2.38. The van der Waals surface area contributed by atoms with Crippen LogP contribution in [-0.2, 0) is 27.2 Å². The molecule has 0 spiro atoms. The van der Waals surface area contributed by atoms with E-state index in [4.69, 9.17) is 35.8 Å². The summed E-state index contributed by atoms with van der Waals surface area (Å²) >= 11 is 6.48. The molecule has 0 unspecified atom stereocenters. The average Bonchev–Trinajstić information content (AvgIpc) is 3.53. The Morgan fingerprint density at radius 2 is 2.07 bits per heavy atom. The first-order valence-electron chi connectivity index (χ1n) is 15.2. The van der Waals surface area contributed by atoms with E-state index in [0.717, 1.165) is 28.8 Å². The quantitative estimate of drug-likeness (QED) is 0.301. The lowest BCUT2D eigenvalue weighted by Crippen LogP contribution is -2.55. The first kappa shape index (κ1) is 31.9. The van der Waals surface area contributed by atoms with E-state index in [1.807, 2.05) is 23.1 Å². The highest BCUT2D eigenvalue weighted by atomic mass is 35.5. The molecular formula is C33H35ClF2N6O4. The van der Waals surface area contributed by atoms with Crippen molar-refractivity contribution in [1.29, 1.82) is 5.26 Å². The number of carbonyl (C=O) groups excluding carboxylic acids is 1. The molecule has 46 heavy (non-hydrogen) atoms. The van der Waals surface area contributed by atoms with E-state index in [0.29, 0.717) is 63.7 Å². The smallest absolute Gasteiger partial charge is 0.318 e. The molecule has 10 nitrogen and oxygen atoms in total. The number of anilines is 2. The molecule has 2 fully saturated rings. The lowest BCUT2D eigenvalue weighted by molar-refractivity contribution is -0.131. The Balaban J connectivity index is 1.36. The van der Waals surface area contributed by atoms with Crippen molar-refractivity contribution in [2.75, 3.05) is 69.5 Å². The number of piperazine rings is 1. The third kappa shape index (κ3) is 6.19. The third-order valence-electron chi connectivity index (χ3n) is 9.02. The van der Waals surface area contributed by atoms with Gasteiger partial charge >= 0.3 is 6.01 Å². The van der Waals surface area contributed by atoms with Gasteiger partial charge in [-0.2, -0.15) is 15.2 Å². The van der Waals surface area contributed by atoms with E-state index in [1.165, 1.54) is 11.0 Å². The molecule has 3 aliphatic heterocycles. The van der Waals surface area contributed by atoms with Crippen molar-refractivity contribution in [3.05, 3.63) is 64.8 Å². The zero-order valence-corrected chi connectivity index (χ0v) is 26.4. The predicted octanol–water partition coefficient (Wildman–Crippen LogP) is 4.83. The van der Waals surface area contributed by atoms with Crippen LogP contribution in [-0.4, -0.2) is 86.5 Å². The fourth-order valence-electron chi connectivity index (χ4n) is 6.67. The highest BCUT2D eigenvalue weighted by molar-refractivity contribution is 6.36. The largest absolute Gasteiger partial charge is 0.463 e. The lowest BCUT2D eigenvalue weighted by Gasteiger charge is -2.42. The summed E-state index contributed by atoms with van der Waals surface area (Å²) in [7, 11) is 1.65. The van der Waals surface area contributed by atoms with Crippen molar-refractivity contribution in [1.82, 2.24) is 14.9 Å². The summed E-state index contributed by atoms with van der Waals surface area (Å²) in [6, 6.07) is 10.6. The number of hydrogen-bond acceptors (Lipinski definition) is 9. The maximum Gasteiger partial charge on any atom is 0.318 e. The number of fused-ring (bicyclic) bond motifs is 2. The van der Waals surface area contributed by atoms with Gasteiger partial charge in [-0.15, -0.1) is 0 Å². The van der Waals surface area contributed by atoms with Crippen LogP contribution in [0.1, 0.15) is 24.1 Å². The number of rotatable bonds is 9. The number of benzene rings is 2. The number of amides is 1. The predicted molar refractivity (Wildman–Crippen MR) is 169 cm³/mol. The second-order valence-corrected chi connectivity index (χ2v) is 12.4. The maximum absolute atomic E-state index is 14.6. The summed E-state index contributed by atoms with van der Waals surface area (Å²) < 4.78 is 45.8. The Kier molecular flexibility index (Phi) is 9.27. The van der Waals surface area contributed by atoms with Crippen LogP contribution in [0.4, 0.5) is 20.3 Å². The minimum absolute atomic E-state index is 0.0257. The van der Waals surface area contributed by atoms with Gasteiger partial charge in [0, 0.05) is 56.5 Å². The zero-order chi connectivity index (χ0) is 32.4. The number of carbonyl (C=O) groups is 1. The van der Waals surface area contributed by atoms with E-state index in [2.05, 4.69) is 17.5 Å². The second kappa shape index (κ2) is 13.4. The van der Waals surface area contributed by atoms with Crippen LogP contribution in [0.3, 0.4) is 0 Å². The molecule has 2 atom stereocenters. The summed E-state index contributed by atoms with van der Waals surface area (Å²) in [5, 5.41) is 11.0. The van der Waals surface area contributed by atoms with Crippen LogP contribution >= 0.6 is 11.6 Å². The minimum atomic E-state index is -1.05. The summed E-state index contributed by atoms with van der Waals surface area (Å²) in [6.45, 7) is 6.84. The number of aromatic nitrogens is 2.